The maximum Gasteiger partial charge on any atom is 0.246 e. The number of hydrogen-bond acceptors (Lipinski definition) is 4. The molecule has 2 aromatic carbocycles. The third-order valence-electron chi connectivity index (χ3n) is 4.19. The van der Waals surface area contributed by atoms with Gasteiger partial charge in [0.1, 0.15) is 0 Å². The number of benzene rings is 2. The van der Waals surface area contributed by atoms with Crippen molar-refractivity contribution >= 4 is 52.2 Å². The zero-order chi connectivity index (χ0) is 19.2. The highest BCUT2D eigenvalue weighted by atomic mass is 35.5. The second kappa shape index (κ2) is 9.15. The van der Waals surface area contributed by atoms with Gasteiger partial charge in [-0.2, -0.15) is 0 Å². The molecule has 2 aromatic rings. The van der Waals surface area contributed by atoms with Gasteiger partial charge in [0.25, 0.3) is 0 Å². The summed E-state index contributed by atoms with van der Waals surface area (Å²) < 4.78 is 0. The van der Waals surface area contributed by atoms with E-state index in [1.165, 1.54) is 0 Å². The summed E-state index contributed by atoms with van der Waals surface area (Å²) in [4.78, 5) is 27.4. The SMILES string of the molecule is CCCC(=O)Nc1ccc(Cl)c(NCC(=O)N2CCSc3ccccc32)c1. The Bertz CT molecular complexity index is 844. The largest absolute Gasteiger partial charge is 0.375 e. The molecule has 2 N–H and O–H groups in total. The number of carbonyl (C=O) groups excluding carboxylic acids is 2. The number of fused-ring (bicyclic) bond motifs is 1. The number of para-hydroxylation sites is 1. The molecule has 2 amide bonds. The first kappa shape index (κ1) is 19.6. The highest BCUT2D eigenvalue weighted by Gasteiger charge is 2.22. The van der Waals surface area contributed by atoms with Gasteiger partial charge in [0.2, 0.25) is 11.8 Å². The van der Waals surface area contributed by atoms with E-state index in [1.807, 2.05) is 31.2 Å². The monoisotopic (exact) mass is 403 g/mol. The molecule has 5 nitrogen and oxygen atoms in total. The van der Waals surface area contributed by atoms with Crippen molar-refractivity contribution in [3.8, 4) is 0 Å². The molecule has 1 aliphatic rings. The average molecular weight is 404 g/mol. The molecule has 7 heteroatoms. The molecule has 0 fully saturated rings. The van der Waals surface area contributed by atoms with Crippen LogP contribution < -0.4 is 15.5 Å². The van der Waals surface area contributed by atoms with E-state index >= 15 is 0 Å². The van der Waals surface area contributed by atoms with Crippen LogP contribution in [0.5, 0.6) is 0 Å². The predicted octanol–water partition coefficient (Wildman–Crippen LogP) is 4.63. The summed E-state index contributed by atoms with van der Waals surface area (Å²) in [7, 11) is 0. The molecule has 0 aromatic heterocycles. The Balaban J connectivity index is 1.66. The van der Waals surface area contributed by atoms with Gasteiger partial charge in [-0.15, -0.1) is 11.8 Å². The van der Waals surface area contributed by atoms with Gasteiger partial charge in [-0.05, 0) is 36.8 Å². The Morgan fingerprint density at radius 3 is 2.85 bits per heavy atom. The molecule has 3 rings (SSSR count). The fourth-order valence-electron chi connectivity index (χ4n) is 2.88. The molecule has 0 saturated heterocycles. The number of nitrogens with zero attached hydrogens (tertiary/aromatic N) is 1. The van der Waals surface area contributed by atoms with Crippen molar-refractivity contribution in [3.63, 3.8) is 0 Å². The summed E-state index contributed by atoms with van der Waals surface area (Å²) in [5.41, 5.74) is 2.23. The lowest BCUT2D eigenvalue weighted by molar-refractivity contribution is -0.117. The topological polar surface area (TPSA) is 61.4 Å². The third-order valence-corrected chi connectivity index (χ3v) is 5.56. The van der Waals surface area contributed by atoms with E-state index in [9.17, 15) is 9.59 Å². The normalized spacial score (nSPS) is 13.0. The molecule has 0 saturated carbocycles. The zero-order valence-electron chi connectivity index (χ0n) is 15.1. The van der Waals surface area contributed by atoms with Gasteiger partial charge in [-0.3, -0.25) is 9.59 Å². The molecule has 142 valence electrons. The molecule has 0 bridgehead atoms. The van der Waals surface area contributed by atoms with E-state index in [2.05, 4.69) is 10.6 Å². The minimum atomic E-state index is -0.0377. The van der Waals surface area contributed by atoms with Gasteiger partial charge < -0.3 is 15.5 Å². The first-order valence-electron chi connectivity index (χ1n) is 8.94. The Morgan fingerprint density at radius 2 is 2.04 bits per heavy atom. The summed E-state index contributed by atoms with van der Waals surface area (Å²) in [6.45, 7) is 2.77. The van der Waals surface area contributed by atoms with Crippen LogP contribution in [0.1, 0.15) is 19.8 Å². The van der Waals surface area contributed by atoms with Crippen molar-refractivity contribution in [1.29, 1.82) is 0 Å². The lowest BCUT2D eigenvalue weighted by atomic mass is 10.2. The van der Waals surface area contributed by atoms with Crippen LogP contribution in [0.15, 0.2) is 47.4 Å². The first-order valence-corrected chi connectivity index (χ1v) is 10.3. The van der Waals surface area contributed by atoms with E-state index in [1.54, 1.807) is 34.9 Å². The number of carbonyl (C=O) groups is 2. The molecule has 0 unspecified atom stereocenters. The molecule has 0 radical (unpaired) electrons. The van der Waals surface area contributed by atoms with Crippen molar-refractivity contribution in [3.05, 3.63) is 47.5 Å². The first-order chi connectivity index (χ1) is 13.1. The Hall–Kier alpha value is -2.18. The van der Waals surface area contributed by atoms with Crippen molar-refractivity contribution in [2.75, 3.05) is 34.4 Å². The highest BCUT2D eigenvalue weighted by Crippen LogP contribution is 2.34. The minimum Gasteiger partial charge on any atom is -0.375 e. The number of amides is 2. The van der Waals surface area contributed by atoms with Gasteiger partial charge in [-0.1, -0.05) is 30.7 Å². The van der Waals surface area contributed by atoms with Crippen molar-refractivity contribution in [2.45, 2.75) is 24.7 Å². The van der Waals surface area contributed by atoms with E-state index < -0.39 is 0 Å². The van der Waals surface area contributed by atoms with Gasteiger partial charge in [-0.25, -0.2) is 0 Å². The second-order valence-corrected chi connectivity index (χ2v) is 7.75. The minimum absolute atomic E-state index is 0.0146. The number of thioether (sulfide) groups is 1. The smallest absolute Gasteiger partial charge is 0.246 e. The molecule has 1 aliphatic heterocycles. The van der Waals surface area contributed by atoms with Gasteiger partial charge in [0.05, 0.1) is 22.9 Å². The van der Waals surface area contributed by atoms with Crippen LogP contribution in [-0.2, 0) is 9.59 Å². The molecule has 0 aliphatic carbocycles. The van der Waals surface area contributed by atoms with Gasteiger partial charge in [0.15, 0.2) is 0 Å². The Morgan fingerprint density at radius 1 is 1.22 bits per heavy atom. The van der Waals surface area contributed by atoms with Crippen molar-refractivity contribution in [1.82, 2.24) is 0 Å². The predicted molar refractivity (Wildman–Crippen MR) is 113 cm³/mol. The fraction of sp³-hybridized carbons (Fsp3) is 0.300. The number of rotatable bonds is 6. The van der Waals surface area contributed by atoms with Crippen LogP contribution in [0.25, 0.3) is 0 Å². The average Bonchev–Trinajstić information content (AvgIpc) is 2.68. The molecule has 27 heavy (non-hydrogen) atoms. The van der Waals surface area contributed by atoms with Crippen LogP contribution in [-0.4, -0.2) is 30.7 Å². The van der Waals surface area contributed by atoms with E-state index in [-0.39, 0.29) is 18.4 Å². The maximum absolute atomic E-state index is 12.7. The summed E-state index contributed by atoms with van der Waals surface area (Å²) >= 11 is 8.00. The Kier molecular flexibility index (Phi) is 6.63. The van der Waals surface area contributed by atoms with Crippen LogP contribution in [0.2, 0.25) is 5.02 Å². The standard InChI is InChI=1S/C20H22ClN3O2S/c1-2-5-19(25)23-14-8-9-15(21)16(12-14)22-13-20(26)24-10-11-27-18-7-4-3-6-17(18)24/h3-4,6-9,12,22H,2,5,10-11,13H2,1H3,(H,23,25). The quantitative estimate of drug-likeness (QED) is 0.738. The molecular weight excluding hydrogens is 382 g/mol. The molecule has 1 heterocycles. The number of nitrogens with one attached hydrogen (secondary N) is 2. The number of anilines is 3. The summed E-state index contributed by atoms with van der Waals surface area (Å²) in [6.07, 6.45) is 1.25. The Labute approximate surface area is 168 Å². The summed E-state index contributed by atoms with van der Waals surface area (Å²) in [6, 6.07) is 13.1. The lowest BCUT2D eigenvalue weighted by Gasteiger charge is -2.29. The van der Waals surface area contributed by atoms with E-state index in [0.717, 1.165) is 22.8 Å². The van der Waals surface area contributed by atoms with Gasteiger partial charge >= 0.3 is 0 Å². The van der Waals surface area contributed by atoms with Crippen molar-refractivity contribution < 1.29 is 9.59 Å². The summed E-state index contributed by atoms with van der Waals surface area (Å²) in [5, 5.41) is 6.45. The number of hydrogen-bond donors (Lipinski definition) is 2. The highest BCUT2D eigenvalue weighted by molar-refractivity contribution is 7.99. The lowest BCUT2D eigenvalue weighted by Crippen LogP contribution is -2.39. The summed E-state index contributed by atoms with van der Waals surface area (Å²) in [5.74, 6) is 0.825. The van der Waals surface area contributed by atoms with Crippen molar-refractivity contribution in [2.24, 2.45) is 0 Å². The van der Waals surface area contributed by atoms with Crippen LogP contribution in [0.4, 0.5) is 17.1 Å². The molecule has 0 spiro atoms. The molecule has 0 atom stereocenters. The zero-order valence-corrected chi connectivity index (χ0v) is 16.7. The van der Waals surface area contributed by atoms with E-state index in [4.69, 9.17) is 11.6 Å². The van der Waals surface area contributed by atoms with Crippen LogP contribution >= 0.6 is 23.4 Å². The maximum atomic E-state index is 12.7. The van der Waals surface area contributed by atoms with Crippen LogP contribution in [0.3, 0.4) is 0 Å². The van der Waals surface area contributed by atoms with Gasteiger partial charge in [0, 0.05) is 29.3 Å². The fourth-order valence-corrected chi connectivity index (χ4v) is 4.06. The molecular formula is C20H22ClN3O2S. The van der Waals surface area contributed by atoms with Crippen LogP contribution in [0, 0.1) is 0 Å². The van der Waals surface area contributed by atoms with E-state index in [0.29, 0.717) is 29.4 Å². The number of halogens is 1. The third kappa shape index (κ3) is 4.96. The second-order valence-electron chi connectivity index (χ2n) is 6.21.